The first-order valence-electron chi connectivity index (χ1n) is 12.6. The summed E-state index contributed by atoms with van der Waals surface area (Å²) in [6.45, 7) is 7.88. The van der Waals surface area contributed by atoms with Crippen molar-refractivity contribution in [2.75, 3.05) is 69.3 Å². The molecule has 2 aromatic carbocycles. The maximum atomic E-state index is 12.5. The summed E-state index contributed by atoms with van der Waals surface area (Å²) in [5, 5.41) is 11.0. The van der Waals surface area contributed by atoms with E-state index >= 15 is 0 Å². The van der Waals surface area contributed by atoms with Crippen LogP contribution in [0, 0.1) is 0 Å². The summed E-state index contributed by atoms with van der Waals surface area (Å²) >= 11 is 0. The quantitative estimate of drug-likeness (QED) is 0.542. The zero-order valence-electron chi connectivity index (χ0n) is 20.8. The molecule has 2 fully saturated rings. The number of anilines is 2. The molecule has 1 N–H and O–H groups in total. The first-order chi connectivity index (χ1) is 17.6. The van der Waals surface area contributed by atoms with Crippen molar-refractivity contribution < 1.29 is 14.3 Å². The maximum Gasteiger partial charge on any atom is 0.343 e. The number of para-hydroxylation sites is 1. The average molecular weight is 491 g/mol. The zero-order valence-corrected chi connectivity index (χ0v) is 20.8. The molecule has 0 saturated carbocycles. The fourth-order valence-corrected chi connectivity index (χ4v) is 5.02. The lowest BCUT2D eigenvalue weighted by atomic mass is 10.1. The van der Waals surface area contributed by atoms with Gasteiger partial charge < -0.3 is 24.1 Å². The standard InChI is InChI=1S/C28H34N4O4/c1-35-25-9-7-24(8-10-25)32-17-13-30(14-18-32)20-26-27(33)22(21-36-28(26)34)19-29-11-15-31(16-12-29)23-5-3-2-4-6-23/h2-10,21,33H,11-20H2,1H3. The number of nitrogens with zero attached hydrogens (tertiary/aromatic N) is 4. The molecule has 0 atom stereocenters. The Labute approximate surface area is 211 Å². The second kappa shape index (κ2) is 11.1. The summed E-state index contributed by atoms with van der Waals surface area (Å²) in [6.07, 6.45) is 1.42. The molecule has 0 unspecified atom stereocenters. The van der Waals surface area contributed by atoms with E-state index in [1.54, 1.807) is 7.11 Å². The lowest BCUT2D eigenvalue weighted by Crippen LogP contribution is -2.46. The number of aromatic hydroxyl groups is 1. The molecule has 0 amide bonds. The summed E-state index contributed by atoms with van der Waals surface area (Å²) in [4.78, 5) is 21.7. The van der Waals surface area contributed by atoms with Crippen molar-refractivity contribution in [2.45, 2.75) is 13.1 Å². The van der Waals surface area contributed by atoms with E-state index < -0.39 is 5.63 Å². The van der Waals surface area contributed by atoms with Crippen LogP contribution in [0.2, 0.25) is 0 Å². The summed E-state index contributed by atoms with van der Waals surface area (Å²) < 4.78 is 10.6. The van der Waals surface area contributed by atoms with Crippen molar-refractivity contribution in [3.8, 4) is 11.5 Å². The van der Waals surface area contributed by atoms with Gasteiger partial charge in [-0.05, 0) is 36.4 Å². The van der Waals surface area contributed by atoms with Crippen molar-refractivity contribution in [3.63, 3.8) is 0 Å². The number of ether oxygens (including phenoxy) is 1. The van der Waals surface area contributed by atoms with Crippen molar-refractivity contribution in [2.24, 2.45) is 0 Å². The van der Waals surface area contributed by atoms with Crippen LogP contribution in [0.25, 0.3) is 0 Å². The van der Waals surface area contributed by atoms with E-state index in [1.165, 1.54) is 12.0 Å². The Morgan fingerprint density at radius 3 is 1.92 bits per heavy atom. The van der Waals surface area contributed by atoms with E-state index in [0.29, 0.717) is 24.2 Å². The van der Waals surface area contributed by atoms with Crippen LogP contribution in [-0.4, -0.2) is 74.4 Å². The molecule has 190 valence electrons. The van der Waals surface area contributed by atoms with Crippen molar-refractivity contribution in [3.05, 3.63) is 82.4 Å². The summed E-state index contributed by atoms with van der Waals surface area (Å²) in [5.74, 6) is 0.923. The van der Waals surface area contributed by atoms with E-state index in [4.69, 9.17) is 9.15 Å². The van der Waals surface area contributed by atoms with Gasteiger partial charge in [0.2, 0.25) is 0 Å². The molecular formula is C28H34N4O4. The highest BCUT2D eigenvalue weighted by molar-refractivity contribution is 5.49. The molecular weight excluding hydrogens is 456 g/mol. The van der Waals surface area contributed by atoms with Gasteiger partial charge in [-0.3, -0.25) is 9.80 Å². The van der Waals surface area contributed by atoms with Gasteiger partial charge in [-0.25, -0.2) is 4.79 Å². The molecule has 8 nitrogen and oxygen atoms in total. The molecule has 36 heavy (non-hydrogen) atoms. The monoisotopic (exact) mass is 490 g/mol. The van der Waals surface area contributed by atoms with Gasteiger partial charge in [0, 0.05) is 82.4 Å². The highest BCUT2D eigenvalue weighted by Gasteiger charge is 2.24. The van der Waals surface area contributed by atoms with E-state index in [9.17, 15) is 9.90 Å². The third-order valence-corrected chi connectivity index (χ3v) is 7.22. The largest absolute Gasteiger partial charge is 0.507 e. The molecule has 8 heteroatoms. The summed E-state index contributed by atoms with van der Waals surface area (Å²) in [5.41, 5.74) is 2.97. The van der Waals surface area contributed by atoms with Crippen LogP contribution in [0.15, 0.2) is 70.1 Å². The third kappa shape index (κ3) is 5.50. The van der Waals surface area contributed by atoms with Crippen LogP contribution in [0.4, 0.5) is 11.4 Å². The Bertz CT molecular complexity index is 1180. The SMILES string of the molecule is COc1ccc(N2CCN(Cc3c(O)c(CN4CCN(c5ccccc5)CC4)coc3=O)CC2)cc1. The lowest BCUT2D eigenvalue weighted by Gasteiger charge is -2.36. The van der Waals surface area contributed by atoms with Gasteiger partial charge in [-0.15, -0.1) is 0 Å². The van der Waals surface area contributed by atoms with Crippen LogP contribution in [0.5, 0.6) is 11.5 Å². The third-order valence-electron chi connectivity index (χ3n) is 7.22. The van der Waals surface area contributed by atoms with Crippen LogP contribution < -0.4 is 20.2 Å². The normalized spacial score (nSPS) is 17.4. The molecule has 0 radical (unpaired) electrons. The average Bonchev–Trinajstić information content (AvgIpc) is 2.94. The first-order valence-corrected chi connectivity index (χ1v) is 12.6. The number of hydrogen-bond donors (Lipinski definition) is 1. The molecule has 1 aromatic heterocycles. The van der Waals surface area contributed by atoms with Gasteiger partial charge in [-0.2, -0.15) is 0 Å². The lowest BCUT2D eigenvalue weighted by molar-refractivity contribution is 0.233. The number of methoxy groups -OCH3 is 1. The number of rotatable bonds is 7. The van der Waals surface area contributed by atoms with Gasteiger partial charge in [0.25, 0.3) is 0 Å². The molecule has 2 aliphatic rings. The number of hydrogen-bond acceptors (Lipinski definition) is 8. The smallest absolute Gasteiger partial charge is 0.343 e. The summed E-state index contributed by atoms with van der Waals surface area (Å²) in [6, 6.07) is 18.5. The minimum atomic E-state index is -0.456. The molecule has 2 saturated heterocycles. The molecule has 2 aliphatic heterocycles. The zero-order chi connectivity index (χ0) is 24.9. The fourth-order valence-electron chi connectivity index (χ4n) is 5.02. The van der Waals surface area contributed by atoms with Crippen molar-refractivity contribution >= 4 is 11.4 Å². The Morgan fingerprint density at radius 2 is 1.33 bits per heavy atom. The molecule has 3 aromatic rings. The van der Waals surface area contributed by atoms with Crippen molar-refractivity contribution in [1.82, 2.24) is 9.80 Å². The molecule has 0 bridgehead atoms. The Morgan fingerprint density at radius 1 is 0.778 bits per heavy atom. The highest BCUT2D eigenvalue weighted by Crippen LogP contribution is 2.25. The van der Waals surface area contributed by atoms with Gasteiger partial charge in [0.15, 0.2) is 0 Å². The minimum absolute atomic E-state index is 0.0781. The minimum Gasteiger partial charge on any atom is -0.507 e. The predicted molar refractivity (Wildman–Crippen MR) is 141 cm³/mol. The highest BCUT2D eigenvalue weighted by atomic mass is 16.5. The van der Waals surface area contributed by atoms with Gasteiger partial charge in [0.05, 0.1) is 12.7 Å². The van der Waals surface area contributed by atoms with Crippen LogP contribution in [0.3, 0.4) is 0 Å². The fraction of sp³-hybridized carbons (Fsp3) is 0.393. The van der Waals surface area contributed by atoms with E-state index in [2.05, 4.69) is 56.0 Å². The second-order valence-corrected chi connectivity index (χ2v) is 9.44. The molecule has 5 rings (SSSR count). The molecule has 0 aliphatic carbocycles. The maximum absolute atomic E-state index is 12.5. The van der Waals surface area contributed by atoms with Gasteiger partial charge in [0.1, 0.15) is 17.8 Å². The van der Waals surface area contributed by atoms with Gasteiger partial charge in [-0.1, -0.05) is 18.2 Å². The van der Waals surface area contributed by atoms with E-state index in [1.807, 2.05) is 18.2 Å². The number of benzene rings is 2. The Hall–Kier alpha value is -3.49. The predicted octanol–water partition coefficient (Wildman–Crippen LogP) is 3.00. The van der Waals surface area contributed by atoms with Crippen molar-refractivity contribution in [1.29, 1.82) is 0 Å². The number of piperazine rings is 2. The van der Waals surface area contributed by atoms with E-state index in [-0.39, 0.29) is 5.75 Å². The Kier molecular flexibility index (Phi) is 7.44. The Balaban J connectivity index is 1.17. The van der Waals surface area contributed by atoms with Crippen LogP contribution in [0.1, 0.15) is 11.1 Å². The van der Waals surface area contributed by atoms with Gasteiger partial charge >= 0.3 is 5.63 Å². The second-order valence-electron chi connectivity index (χ2n) is 9.44. The first kappa shape index (κ1) is 24.2. The molecule has 3 heterocycles. The summed E-state index contributed by atoms with van der Waals surface area (Å²) in [7, 11) is 1.67. The molecule has 0 spiro atoms. The van der Waals surface area contributed by atoms with Crippen LogP contribution >= 0.6 is 0 Å². The van der Waals surface area contributed by atoms with Crippen LogP contribution in [-0.2, 0) is 13.1 Å². The topological polar surface area (TPSA) is 72.6 Å². The van der Waals surface area contributed by atoms with E-state index in [0.717, 1.165) is 63.8 Å².